The summed E-state index contributed by atoms with van der Waals surface area (Å²) in [6.07, 6.45) is 3.50. The summed E-state index contributed by atoms with van der Waals surface area (Å²) >= 11 is 4.18. The lowest BCUT2D eigenvalue weighted by atomic mass is 10.1. The maximum absolute atomic E-state index is 5.79. The average Bonchev–Trinajstić information content (AvgIpc) is 2.21. The molecular weight excluding hydrogens is 204 g/mol. The largest absolute Gasteiger partial charge is 0.493 e. The molecule has 0 aliphatic rings. The highest BCUT2D eigenvalue weighted by molar-refractivity contribution is 7.80. The summed E-state index contributed by atoms with van der Waals surface area (Å²) in [4.78, 5) is 0. The second kappa shape index (κ2) is 6.78. The molecule has 0 saturated heterocycles. The van der Waals surface area contributed by atoms with Crippen molar-refractivity contribution < 1.29 is 4.74 Å². The monoisotopic (exact) mass is 224 g/mol. The third-order valence-electron chi connectivity index (χ3n) is 2.46. The number of ether oxygens (including phenoxy) is 1. The van der Waals surface area contributed by atoms with Gasteiger partial charge >= 0.3 is 0 Å². The first kappa shape index (κ1) is 12.4. The maximum atomic E-state index is 5.79. The van der Waals surface area contributed by atoms with E-state index in [0.29, 0.717) is 0 Å². The quantitative estimate of drug-likeness (QED) is 0.571. The Balaban J connectivity index is 2.37. The van der Waals surface area contributed by atoms with Crippen molar-refractivity contribution in [3.8, 4) is 5.75 Å². The van der Waals surface area contributed by atoms with Gasteiger partial charge in [0.2, 0.25) is 0 Å². The predicted octanol–water partition coefficient (Wildman–Crippen LogP) is 3.78. The lowest BCUT2D eigenvalue weighted by Gasteiger charge is -2.11. The van der Waals surface area contributed by atoms with E-state index in [0.717, 1.165) is 24.5 Å². The molecule has 0 aromatic heterocycles. The second-order valence-electron chi connectivity index (χ2n) is 3.85. The van der Waals surface area contributed by atoms with Gasteiger partial charge in [-0.25, -0.2) is 0 Å². The van der Waals surface area contributed by atoms with Gasteiger partial charge in [-0.15, -0.1) is 0 Å². The first-order valence-corrected chi connectivity index (χ1v) is 6.19. The SMILES string of the molecule is Cc1cccc(C)c1OCCCCCS. The van der Waals surface area contributed by atoms with E-state index < -0.39 is 0 Å². The van der Waals surface area contributed by atoms with Crippen LogP contribution in [0.2, 0.25) is 0 Å². The highest BCUT2D eigenvalue weighted by atomic mass is 32.1. The van der Waals surface area contributed by atoms with Gasteiger partial charge in [0.15, 0.2) is 0 Å². The van der Waals surface area contributed by atoms with Gasteiger partial charge < -0.3 is 4.74 Å². The van der Waals surface area contributed by atoms with Crippen LogP contribution >= 0.6 is 12.6 Å². The maximum Gasteiger partial charge on any atom is 0.125 e. The molecule has 2 heteroatoms. The third kappa shape index (κ3) is 4.17. The Morgan fingerprint density at radius 2 is 1.73 bits per heavy atom. The Hall–Kier alpha value is -0.630. The van der Waals surface area contributed by atoms with Crippen molar-refractivity contribution in [2.75, 3.05) is 12.4 Å². The molecule has 0 radical (unpaired) electrons. The Morgan fingerprint density at radius 1 is 1.07 bits per heavy atom. The molecule has 1 nitrogen and oxygen atoms in total. The molecular formula is C13H20OS. The summed E-state index contributed by atoms with van der Waals surface area (Å²) in [5.74, 6) is 2.03. The average molecular weight is 224 g/mol. The van der Waals surface area contributed by atoms with Gasteiger partial charge in [0.05, 0.1) is 6.61 Å². The number of aryl methyl sites for hydroxylation is 2. The van der Waals surface area contributed by atoms with Crippen molar-refractivity contribution in [3.63, 3.8) is 0 Å². The van der Waals surface area contributed by atoms with E-state index in [1.807, 2.05) is 0 Å². The summed E-state index contributed by atoms with van der Waals surface area (Å²) < 4.78 is 5.79. The highest BCUT2D eigenvalue weighted by Crippen LogP contribution is 2.22. The smallest absolute Gasteiger partial charge is 0.125 e. The van der Waals surface area contributed by atoms with Gasteiger partial charge in [0.1, 0.15) is 5.75 Å². The lowest BCUT2D eigenvalue weighted by molar-refractivity contribution is 0.302. The highest BCUT2D eigenvalue weighted by Gasteiger charge is 2.01. The first-order valence-electron chi connectivity index (χ1n) is 5.55. The van der Waals surface area contributed by atoms with Crippen LogP contribution < -0.4 is 4.74 Å². The zero-order chi connectivity index (χ0) is 11.1. The predicted molar refractivity (Wildman–Crippen MR) is 69.1 cm³/mol. The summed E-state index contributed by atoms with van der Waals surface area (Å²) in [5.41, 5.74) is 2.45. The second-order valence-corrected chi connectivity index (χ2v) is 4.30. The molecule has 0 bridgehead atoms. The fourth-order valence-electron chi connectivity index (χ4n) is 1.59. The summed E-state index contributed by atoms with van der Waals surface area (Å²) in [6.45, 7) is 5.01. The molecule has 1 aromatic carbocycles. The van der Waals surface area contributed by atoms with Gasteiger partial charge in [0, 0.05) is 0 Å². The molecule has 1 rings (SSSR count). The van der Waals surface area contributed by atoms with Crippen LogP contribution in [0.1, 0.15) is 30.4 Å². The molecule has 1 aromatic rings. The first-order chi connectivity index (χ1) is 7.25. The fraction of sp³-hybridized carbons (Fsp3) is 0.538. The zero-order valence-corrected chi connectivity index (χ0v) is 10.5. The lowest BCUT2D eigenvalue weighted by Crippen LogP contribution is -2.00. The van der Waals surface area contributed by atoms with E-state index in [1.54, 1.807) is 0 Å². The van der Waals surface area contributed by atoms with E-state index in [-0.39, 0.29) is 0 Å². The Kier molecular flexibility index (Phi) is 5.62. The molecule has 0 unspecified atom stereocenters. The Bertz CT molecular complexity index is 276. The molecule has 0 atom stereocenters. The summed E-state index contributed by atoms with van der Waals surface area (Å²) in [6, 6.07) is 6.25. The van der Waals surface area contributed by atoms with Crippen molar-refractivity contribution in [2.45, 2.75) is 33.1 Å². The Morgan fingerprint density at radius 3 is 2.33 bits per heavy atom. The molecule has 0 aliphatic carbocycles. The van der Waals surface area contributed by atoms with Crippen molar-refractivity contribution in [1.82, 2.24) is 0 Å². The van der Waals surface area contributed by atoms with Gasteiger partial charge in [0.25, 0.3) is 0 Å². The molecule has 0 fully saturated rings. The standard InChI is InChI=1S/C13H20OS/c1-11-7-6-8-12(2)13(11)14-9-4-3-5-10-15/h6-8,15H,3-5,9-10H2,1-2H3. The number of rotatable bonds is 6. The molecule has 0 spiro atoms. The number of unbranched alkanes of at least 4 members (excludes halogenated alkanes) is 2. The molecule has 0 amide bonds. The number of hydrogen-bond acceptors (Lipinski definition) is 2. The van der Waals surface area contributed by atoms with Crippen LogP contribution in [0.3, 0.4) is 0 Å². The number of benzene rings is 1. The minimum atomic E-state index is 0.819. The molecule has 0 heterocycles. The van der Waals surface area contributed by atoms with E-state index in [9.17, 15) is 0 Å². The van der Waals surface area contributed by atoms with E-state index >= 15 is 0 Å². The van der Waals surface area contributed by atoms with E-state index in [1.165, 1.54) is 24.0 Å². The van der Waals surface area contributed by atoms with Gasteiger partial charge in [-0.3, -0.25) is 0 Å². The minimum Gasteiger partial charge on any atom is -0.493 e. The normalized spacial score (nSPS) is 10.3. The molecule has 15 heavy (non-hydrogen) atoms. The van der Waals surface area contributed by atoms with Crippen molar-refractivity contribution in [1.29, 1.82) is 0 Å². The Labute approximate surface area is 98.3 Å². The van der Waals surface area contributed by atoms with Crippen LogP contribution in [0, 0.1) is 13.8 Å². The summed E-state index contributed by atoms with van der Waals surface area (Å²) in [7, 11) is 0. The van der Waals surface area contributed by atoms with E-state index in [4.69, 9.17) is 4.74 Å². The zero-order valence-electron chi connectivity index (χ0n) is 9.62. The topological polar surface area (TPSA) is 9.23 Å². The van der Waals surface area contributed by atoms with Gasteiger partial charge in [-0.1, -0.05) is 18.2 Å². The molecule has 0 N–H and O–H groups in total. The van der Waals surface area contributed by atoms with Crippen LogP contribution in [0.25, 0.3) is 0 Å². The van der Waals surface area contributed by atoms with Crippen LogP contribution in [0.4, 0.5) is 0 Å². The van der Waals surface area contributed by atoms with Gasteiger partial charge in [-0.05, 0) is 50.0 Å². The fourth-order valence-corrected chi connectivity index (χ4v) is 1.82. The molecule has 0 saturated carbocycles. The van der Waals surface area contributed by atoms with Gasteiger partial charge in [-0.2, -0.15) is 12.6 Å². The van der Waals surface area contributed by atoms with Crippen LogP contribution in [0.5, 0.6) is 5.75 Å². The minimum absolute atomic E-state index is 0.819. The molecule has 0 aliphatic heterocycles. The number of para-hydroxylation sites is 1. The molecule has 84 valence electrons. The number of thiol groups is 1. The number of hydrogen-bond donors (Lipinski definition) is 1. The van der Waals surface area contributed by atoms with Crippen molar-refractivity contribution >= 4 is 12.6 Å². The summed E-state index contributed by atoms with van der Waals surface area (Å²) in [5, 5.41) is 0. The van der Waals surface area contributed by atoms with Crippen LogP contribution in [-0.2, 0) is 0 Å². The van der Waals surface area contributed by atoms with Crippen LogP contribution in [0.15, 0.2) is 18.2 Å². The van der Waals surface area contributed by atoms with Crippen LogP contribution in [-0.4, -0.2) is 12.4 Å². The van der Waals surface area contributed by atoms with E-state index in [2.05, 4.69) is 44.7 Å². The third-order valence-corrected chi connectivity index (χ3v) is 2.77. The van der Waals surface area contributed by atoms with Crippen molar-refractivity contribution in [2.24, 2.45) is 0 Å². The van der Waals surface area contributed by atoms with Crippen molar-refractivity contribution in [3.05, 3.63) is 29.3 Å².